The smallest absolute Gasteiger partial charge is 0.319 e. The second-order valence-electron chi connectivity index (χ2n) is 9.33. The molecule has 2 heterocycles. The lowest BCUT2D eigenvalue weighted by Gasteiger charge is -2.32. The van der Waals surface area contributed by atoms with Crippen LogP contribution in [-0.4, -0.2) is 41.3 Å². The number of pyridine rings is 1. The molecule has 8 nitrogen and oxygen atoms in total. The molecule has 1 aliphatic carbocycles. The summed E-state index contributed by atoms with van der Waals surface area (Å²) in [6, 6.07) is 13.0. The molecular formula is C27H28ClN5O3. The molecule has 186 valence electrons. The third kappa shape index (κ3) is 5.64. The molecule has 36 heavy (non-hydrogen) atoms. The molecular weight excluding hydrogens is 478 g/mol. The quantitative estimate of drug-likeness (QED) is 0.405. The first kappa shape index (κ1) is 24.2. The fourth-order valence-electron chi connectivity index (χ4n) is 4.31. The van der Waals surface area contributed by atoms with E-state index < -0.39 is 0 Å². The number of carbonyl (C=O) groups excluding carboxylic acids is 1. The summed E-state index contributed by atoms with van der Waals surface area (Å²) >= 11 is 6.39. The van der Waals surface area contributed by atoms with Crippen molar-refractivity contribution in [3.63, 3.8) is 0 Å². The van der Waals surface area contributed by atoms with Crippen LogP contribution in [0, 0.1) is 11.3 Å². The SMILES string of the molecule is CC1CCCCN1COc1cc2nccc(Oc3ccc(NC(=O)NC4CC4)c(Cl)c3)c2cc1C#N. The van der Waals surface area contributed by atoms with Crippen molar-refractivity contribution < 1.29 is 14.3 Å². The highest BCUT2D eigenvalue weighted by Crippen LogP contribution is 2.35. The first-order valence-corrected chi connectivity index (χ1v) is 12.6. The van der Waals surface area contributed by atoms with Crippen LogP contribution in [0.5, 0.6) is 17.2 Å². The predicted octanol–water partition coefficient (Wildman–Crippen LogP) is 6.05. The number of anilines is 1. The molecule has 0 bridgehead atoms. The van der Waals surface area contributed by atoms with Crippen LogP contribution in [-0.2, 0) is 0 Å². The van der Waals surface area contributed by atoms with Gasteiger partial charge in [-0.25, -0.2) is 4.79 Å². The number of nitrogens with zero attached hydrogens (tertiary/aromatic N) is 3. The van der Waals surface area contributed by atoms with Crippen molar-refractivity contribution in [2.75, 3.05) is 18.6 Å². The molecule has 1 saturated heterocycles. The van der Waals surface area contributed by atoms with Crippen LogP contribution < -0.4 is 20.1 Å². The summed E-state index contributed by atoms with van der Waals surface area (Å²) < 4.78 is 12.2. The van der Waals surface area contributed by atoms with Crippen molar-refractivity contribution in [3.05, 3.63) is 53.2 Å². The zero-order valence-electron chi connectivity index (χ0n) is 20.1. The Balaban J connectivity index is 1.33. The molecule has 2 amide bonds. The van der Waals surface area contributed by atoms with E-state index >= 15 is 0 Å². The summed E-state index contributed by atoms with van der Waals surface area (Å²) in [5, 5.41) is 16.5. The number of nitriles is 1. The molecule has 1 aliphatic heterocycles. The summed E-state index contributed by atoms with van der Waals surface area (Å²) in [6.07, 6.45) is 7.22. The van der Waals surface area contributed by atoms with Gasteiger partial charge in [0.25, 0.3) is 0 Å². The van der Waals surface area contributed by atoms with Gasteiger partial charge in [0, 0.05) is 42.3 Å². The average molecular weight is 506 g/mol. The number of ether oxygens (including phenoxy) is 2. The van der Waals surface area contributed by atoms with E-state index in [1.165, 1.54) is 6.42 Å². The van der Waals surface area contributed by atoms with Crippen LogP contribution in [0.1, 0.15) is 44.6 Å². The number of carbonyl (C=O) groups is 1. The van der Waals surface area contributed by atoms with Gasteiger partial charge in [0.2, 0.25) is 0 Å². The largest absolute Gasteiger partial charge is 0.477 e. The molecule has 2 aromatic carbocycles. The zero-order chi connectivity index (χ0) is 25.1. The molecule has 1 atom stereocenters. The minimum atomic E-state index is -0.273. The Morgan fingerprint density at radius 1 is 1.19 bits per heavy atom. The van der Waals surface area contributed by atoms with Gasteiger partial charge >= 0.3 is 6.03 Å². The first-order chi connectivity index (χ1) is 17.5. The van der Waals surface area contributed by atoms with Crippen LogP contribution in [0.25, 0.3) is 10.9 Å². The van der Waals surface area contributed by atoms with E-state index in [-0.39, 0.29) is 12.1 Å². The molecule has 1 unspecified atom stereocenters. The maximum Gasteiger partial charge on any atom is 0.319 e. The molecule has 2 N–H and O–H groups in total. The Hall–Kier alpha value is -3.54. The van der Waals surface area contributed by atoms with Gasteiger partial charge in [0.15, 0.2) is 0 Å². The van der Waals surface area contributed by atoms with Gasteiger partial charge < -0.3 is 20.1 Å². The minimum absolute atomic E-state index is 0.254. The number of likely N-dealkylation sites (tertiary alicyclic amines) is 1. The predicted molar refractivity (Wildman–Crippen MR) is 139 cm³/mol. The van der Waals surface area contributed by atoms with E-state index in [0.717, 1.165) is 32.2 Å². The van der Waals surface area contributed by atoms with Crippen LogP contribution in [0.15, 0.2) is 42.6 Å². The lowest BCUT2D eigenvalue weighted by atomic mass is 10.0. The first-order valence-electron chi connectivity index (χ1n) is 12.2. The van der Waals surface area contributed by atoms with E-state index in [4.69, 9.17) is 21.1 Å². The second kappa shape index (κ2) is 10.6. The lowest BCUT2D eigenvalue weighted by molar-refractivity contribution is 0.0660. The van der Waals surface area contributed by atoms with E-state index in [1.54, 1.807) is 42.6 Å². The molecule has 2 aliphatic rings. The topological polar surface area (TPSA) is 99.5 Å². The Morgan fingerprint density at radius 3 is 2.81 bits per heavy atom. The van der Waals surface area contributed by atoms with Crippen molar-refractivity contribution in [2.24, 2.45) is 0 Å². The molecule has 0 spiro atoms. The number of nitrogens with one attached hydrogen (secondary N) is 2. The highest BCUT2D eigenvalue weighted by atomic mass is 35.5. The van der Waals surface area contributed by atoms with Crippen molar-refractivity contribution in [2.45, 2.75) is 51.1 Å². The van der Waals surface area contributed by atoms with E-state index in [0.29, 0.717) is 57.2 Å². The third-order valence-electron chi connectivity index (χ3n) is 6.58. The van der Waals surface area contributed by atoms with Gasteiger partial charge in [-0.1, -0.05) is 18.0 Å². The molecule has 9 heteroatoms. The molecule has 2 fully saturated rings. The molecule has 1 saturated carbocycles. The Morgan fingerprint density at radius 2 is 2.06 bits per heavy atom. The van der Waals surface area contributed by atoms with E-state index in [1.807, 2.05) is 0 Å². The van der Waals surface area contributed by atoms with Gasteiger partial charge in [0.1, 0.15) is 30.0 Å². The number of hydrogen-bond donors (Lipinski definition) is 2. The number of aromatic nitrogens is 1. The number of hydrogen-bond acceptors (Lipinski definition) is 6. The summed E-state index contributed by atoms with van der Waals surface area (Å²) in [5.74, 6) is 1.55. The van der Waals surface area contributed by atoms with Crippen molar-refractivity contribution in [1.82, 2.24) is 15.2 Å². The molecule has 0 radical (unpaired) electrons. The highest BCUT2D eigenvalue weighted by molar-refractivity contribution is 6.33. The van der Waals surface area contributed by atoms with Gasteiger partial charge in [-0.05, 0) is 56.9 Å². The van der Waals surface area contributed by atoms with Crippen LogP contribution >= 0.6 is 11.6 Å². The average Bonchev–Trinajstić information content (AvgIpc) is 3.69. The normalized spacial score (nSPS) is 17.9. The maximum absolute atomic E-state index is 12.0. The van der Waals surface area contributed by atoms with E-state index in [2.05, 4.69) is 33.5 Å². The van der Waals surface area contributed by atoms with Gasteiger partial charge in [-0.2, -0.15) is 5.26 Å². The van der Waals surface area contributed by atoms with Crippen LogP contribution in [0.3, 0.4) is 0 Å². The van der Waals surface area contributed by atoms with Crippen LogP contribution in [0.2, 0.25) is 5.02 Å². The van der Waals surface area contributed by atoms with Crippen molar-refractivity contribution in [1.29, 1.82) is 5.26 Å². The zero-order valence-corrected chi connectivity index (χ0v) is 20.8. The molecule has 3 aromatic rings. The summed E-state index contributed by atoms with van der Waals surface area (Å²) in [5.41, 5.74) is 1.58. The Kier molecular flexibility index (Phi) is 7.12. The lowest BCUT2D eigenvalue weighted by Crippen LogP contribution is -2.40. The fraction of sp³-hybridized carbons (Fsp3) is 0.370. The van der Waals surface area contributed by atoms with Gasteiger partial charge in [-0.3, -0.25) is 9.88 Å². The molecule has 5 rings (SSSR count). The third-order valence-corrected chi connectivity index (χ3v) is 6.89. The number of amides is 2. The summed E-state index contributed by atoms with van der Waals surface area (Å²) in [4.78, 5) is 18.8. The highest BCUT2D eigenvalue weighted by Gasteiger charge is 2.23. The van der Waals surface area contributed by atoms with E-state index in [9.17, 15) is 10.1 Å². The van der Waals surface area contributed by atoms with Crippen LogP contribution in [0.4, 0.5) is 10.5 Å². The number of urea groups is 1. The summed E-state index contributed by atoms with van der Waals surface area (Å²) in [7, 11) is 0. The second-order valence-corrected chi connectivity index (χ2v) is 9.74. The van der Waals surface area contributed by atoms with Crippen molar-refractivity contribution in [3.8, 4) is 23.3 Å². The minimum Gasteiger partial charge on any atom is -0.477 e. The number of benzene rings is 2. The van der Waals surface area contributed by atoms with Gasteiger partial charge in [0.05, 0.1) is 21.8 Å². The number of piperidine rings is 1. The molecule has 1 aromatic heterocycles. The fourth-order valence-corrected chi connectivity index (χ4v) is 4.52. The van der Waals surface area contributed by atoms with Gasteiger partial charge in [-0.15, -0.1) is 0 Å². The van der Waals surface area contributed by atoms with Crippen molar-refractivity contribution >= 4 is 34.2 Å². The summed E-state index contributed by atoms with van der Waals surface area (Å²) in [6.45, 7) is 3.64. The Bertz CT molecular complexity index is 1320. The number of fused-ring (bicyclic) bond motifs is 1. The Labute approximate surface area is 215 Å². The number of halogens is 1. The standard InChI is InChI=1S/C27H28ClN5O3/c1-17-4-2-3-11-33(17)16-35-26-14-24-21(12-18(26)15-29)25(9-10-30-24)36-20-7-8-23(22(28)13-20)32-27(34)31-19-5-6-19/h7-10,12-14,17,19H,2-6,11,16H2,1H3,(H2,31,32,34). The maximum atomic E-state index is 12.0. The monoisotopic (exact) mass is 505 g/mol. The number of rotatable bonds is 7.